The van der Waals surface area contributed by atoms with Gasteiger partial charge in [0.15, 0.2) is 5.82 Å². The van der Waals surface area contributed by atoms with E-state index in [0.717, 1.165) is 37.0 Å². The number of hydrogen-bond donors (Lipinski definition) is 1. The molecule has 1 aromatic heterocycles. The minimum absolute atomic E-state index is 0.114. The van der Waals surface area contributed by atoms with Crippen molar-refractivity contribution in [2.24, 2.45) is 7.05 Å². The molecule has 0 radical (unpaired) electrons. The minimum Gasteiger partial charge on any atom is -0.509 e. The van der Waals surface area contributed by atoms with Gasteiger partial charge in [0.05, 0.1) is 17.6 Å². The van der Waals surface area contributed by atoms with Crippen LogP contribution in [0.1, 0.15) is 25.1 Å². The van der Waals surface area contributed by atoms with Gasteiger partial charge < -0.3 is 9.67 Å². The lowest BCUT2D eigenvalue weighted by Crippen LogP contribution is -2.31. The molecule has 2 aromatic rings. The molecule has 114 valence electrons. The minimum atomic E-state index is 0.114. The molecular formula is C17H20N4O. The van der Waals surface area contributed by atoms with Crippen LogP contribution in [0.4, 0.5) is 0 Å². The average molecular weight is 296 g/mol. The van der Waals surface area contributed by atoms with Crippen LogP contribution >= 0.6 is 0 Å². The summed E-state index contributed by atoms with van der Waals surface area (Å²) in [6, 6.07) is 9.86. The van der Waals surface area contributed by atoms with E-state index in [4.69, 9.17) is 0 Å². The van der Waals surface area contributed by atoms with Crippen LogP contribution < -0.4 is 0 Å². The Bertz CT molecular complexity index is 748. The fraction of sp³-hybridized carbons (Fsp3) is 0.412. The van der Waals surface area contributed by atoms with E-state index in [1.807, 2.05) is 35.9 Å². The molecule has 0 atom stereocenters. The smallest absolute Gasteiger partial charge is 0.155 e. The largest absolute Gasteiger partial charge is 0.509 e. The van der Waals surface area contributed by atoms with Crippen LogP contribution in [-0.2, 0) is 7.05 Å². The van der Waals surface area contributed by atoms with Crippen LogP contribution in [0.2, 0.25) is 0 Å². The quantitative estimate of drug-likeness (QED) is 0.698. The third-order valence-corrected chi connectivity index (χ3v) is 4.23. The van der Waals surface area contributed by atoms with Crippen molar-refractivity contribution in [2.75, 3.05) is 19.6 Å². The number of aliphatic hydroxyl groups is 1. The fourth-order valence-electron chi connectivity index (χ4n) is 3.02. The normalized spacial score (nSPS) is 17.3. The highest BCUT2D eigenvalue weighted by Gasteiger charge is 2.19. The lowest BCUT2D eigenvalue weighted by atomic mass is 10.1. The summed E-state index contributed by atoms with van der Waals surface area (Å²) in [5.41, 5.74) is 2.05. The Kier molecular flexibility index (Phi) is 4.12. The van der Waals surface area contributed by atoms with Gasteiger partial charge in [0, 0.05) is 7.05 Å². The number of nitriles is 1. The molecular weight excluding hydrogens is 276 g/mol. The van der Waals surface area contributed by atoms with Crippen molar-refractivity contribution < 1.29 is 5.11 Å². The molecule has 0 saturated carbocycles. The Morgan fingerprint density at radius 2 is 2.00 bits per heavy atom. The monoisotopic (exact) mass is 296 g/mol. The number of fused-ring (bicyclic) bond motifs is 1. The second-order valence-corrected chi connectivity index (χ2v) is 5.75. The fourth-order valence-corrected chi connectivity index (χ4v) is 3.02. The van der Waals surface area contributed by atoms with Crippen LogP contribution in [0.15, 0.2) is 30.0 Å². The first-order chi connectivity index (χ1) is 10.7. The van der Waals surface area contributed by atoms with Crippen molar-refractivity contribution in [2.45, 2.75) is 19.3 Å². The van der Waals surface area contributed by atoms with Gasteiger partial charge in [-0.05, 0) is 38.1 Å². The maximum atomic E-state index is 10.4. The zero-order chi connectivity index (χ0) is 15.5. The molecule has 1 fully saturated rings. The summed E-state index contributed by atoms with van der Waals surface area (Å²) in [6.45, 7) is 2.38. The summed E-state index contributed by atoms with van der Waals surface area (Å²) in [6.07, 6.45) is 3.56. The summed E-state index contributed by atoms with van der Waals surface area (Å²) in [5, 5.41) is 19.9. The number of allylic oxidation sites excluding steroid dienone is 1. The van der Waals surface area contributed by atoms with Gasteiger partial charge in [-0.2, -0.15) is 5.26 Å². The van der Waals surface area contributed by atoms with E-state index in [-0.39, 0.29) is 11.3 Å². The predicted octanol–water partition coefficient (Wildman–Crippen LogP) is 2.85. The summed E-state index contributed by atoms with van der Waals surface area (Å²) >= 11 is 0. The number of hydrogen-bond acceptors (Lipinski definition) is 4. The third-order valence-electron chi connectivity index (χ3n) is 4.23. The highest BCUT2D eigenvalue weighted by Crippen LogP contribution is 2.22. The molecule has 0 spiro atoms. The van der Waals surface area contributed by atoms with Crippen molar-refractivity contribution in [3.63, 3.8) is 0 Å². The molecule has 0 amide bonds. The zero-order valence-corrected chi connectivity index (χ0v) is 12.8. The number of piperidine rings is 1. The summed E-state index contributed by atoms with van der Waals surface area (Å²) in [5.74, 6) is 0.640. The van der Waals surface area contributed by atoms with Gasteiger partial charge in [-0.25, -0.2) is 4.98 Å². The number of aromatic nitrogens is 2. The SMILES string of the molecule is Cn1c(/C(C#N)=C(\O)CN2CCCCC2)nc2ccccc21. The molecule has 1 aliphatic rings. The second-order valence-electron chi connectivity index (χ2n) is 5.75. The number of aryl methyl sites for hydroxylation is 1. The van der Waals surface area contributed by atoms with Crippen LogP contribution in [0.3, 0.4) is 0 Å². The molecule has 0 bridgehead atoms. The number of likely N-dealkylation sites (tertiary alicyclic amines) is 1. The van der Waals surface area contributed by atoms with Crippen molar-refractivity contribution in [1.29, 1.82) is 5.26 Å². The molecule has 0 aliphatic carbocycles. The Labute approximate surface area is 130 Å². The van der Waals surface area contributed by atoms with E-state index in [1.165, 1.54) is 6.42 Å². The van der Waals surface area contributed by atoms with Crippen molar-refractivity contribution in [3.05, 3.63) is 35.8 Å². The standard InChI is InChI=1S/C17H20N4O/c1-20-15-8-4-3-7-14(15)19-17(20)13(11-18)16(22)12-21-9-5-2-6-10-21/h3-4,7-8,22H,2,5-6,9-10,12H2,1H3/b16-13-. The number of para-hydroxylation sites is 2. The molecule has 2 heterocycles. The van der Waals surface area contributed by atoms with Gasteiger partial charge in [0.1, 0.15) is 17.4 Å². The molecule has 1 N–H and O–H groups in total. The van der Waals surface area contributed by atoms with E-state index in [1.54, 1.807) is 0 Å². The highest BCUT2D eigenvalue weighted by molar-refractivity contribution is 5.83. The molecule has 1 aliphatic heterocycles. The lowest BCUT2D eigenvalue weighted by Gasteiger charge is -2.26. The number of aliphatic hydroxyl groups excluding tert-OH is 1. The van der Waals surface area contributed by atoms with Gasteiger partial charge in [-0.15, -0.1) is 0 Å². The van der Waals surface area contributed by atoms with E-state index in [9.17, 15) is 10.4 Å². The number of benzene rings is 1. The molecule has 0 unspecified atom stereocenters. The summed E-state index contributed by atoms with van der Waals surface area (Å²) in [4.78, 5) is 6.69. The van der Waals surface area contributed by atoms with E-state index in [0.29, 0.717) is 12.4 Å². The van der Waals surface area contributed by atoms with Crippen molar-refractivity contribution in [3.8, 4) is 6.07 Å². The maximum Gasteiger partial charge on any atom is 0.155 e. The Balaban J connectivity index is 1.96. The van der Waals surface area contributed by atoms with E-state index < -0.39 is 0 Å². The topological polar surface area (TPSA) is 65.1 Å². The van der Waals surface area contributed by atoms with Crippen molar-refractivity contribution in [1.82, 2.24) is 14.5 Å². The van der Waals surface area contributed by atoms with E-state index >= 15 is 0 Å². The summed E-state index contributed by atoms with van der Waals surface area (Å²) in [7, 11) is 1.87. The number of imidazole rings is 1. The van der Waals surface area contributed by atoms with Gasteiger partial charge in [-0.1, -0.05) is 18.6 Å². The third kappa shape index (κ3) is 2.70. The predicted molar refractivity (Wildman–Crippen MR) is 86.2 cm³/mol. The Morgan fingerprint density at radius 3 is 2.68 bits per heavy atom. The Morgan fingerprint density at radius 1 is 1.27 bits per heavy atom. The van der Waals surface area contributed by atoms with Crippen LogP contribution in [0, 0.1) is 11.3 Å². The molecule has 1 saturated heterocycles. The van der Waals surface area contributed by atoms with Crippen molar-refractivity contribution >= 4 is 16.6 Å². The number of rotatable bonds is 3. The second kappa shape index (κ2) is 6.20. The molecule has 5 heteroatoms. The van der Waals surface area contributed by atoms with Gasteiger partial charge >= 0.3 is 0 Å². The molecule has 22 heavy (non-hydrogen) atoms. The van der Waals surface area contributed by atoms with Crippen LogP contribution in [-0.4, -0.2) is 39.2 Å². The molecule has 1 aromatic carbocycles. The van der Waals surface area contributed by atoms with Gasteiger partial charge in [0.25, 0.3) is 0 Å². The molecule has 3 rings (SSSR count). The number of nitrogens with zero attached hydrogens (tertiary/aromatic N) is 4. The average Bonchev–Trinajstić information content (AvgIpc) is 2.87. The first kappa shape index (κ1) is 14.6. The van der Waals surface area contributed by atoms with Crippen LogP contribution in [0.5, 0.6) is 0 Å². The lowest BCUT2D eigenvalue weighted by molar-refractivity contribution is 0.215. The highest BCUT2D eigenvalue weighted by atomic mass is 16.3. The van der Waals surface area contributed by atoms with Crippen LogP contribution in [0.25, 0.3) is 16.6 Å². The maximum absolute atomic E-state index is 10.4. The molecule has 5 nitrogen and oxygen atoms in total. The Hall–Kier alpha value is -2.32. The van der Waals surface area contributed by atoms with Gasteiger partial charge in [-0.3, -0.25) is 4.90 Å². The van der Waals surface area contributed by atoms with Gasteiger partial charge in [0.2, 0.25) is 0 Å². The zero-order valence-electron chi connectivity index (χ0n) is 12.8. The first-order valence-corrected chi connectivity index (χ1v) is 7.67. The summed E-state index contributed by atoms with van der Waals surface area (Å²) < 4.78 is 1.86. The van der Waals surface area contributed by atoms with E-state index in [2.05, 4.69) is 16.0 Å². The first-order valence-electron chi connectivity index (χ1n) is 7.67.